The molecule has 0 atom stereocenters. The Morgan fingerprint density at radius 2 is 1.77 bits per heavy atom. The summed E-state index contributed by atoms with van der Waals surface area (Å²) in [5.74, 6) is -2.19. The number of hydrogen-bond donors (Lipinski definition) is 2. The van der Waals surface area contributed by atoms with Gasteiger partial charge < -0.3 is 15.8 Å². The number of hydrogen-bond acceptors (Lipinski definition) is 4. The van der Waals surface area contributed by atoms with Crippen molar-refractivity contribution in [3.63, 3.8) is 0 Å². The molecule has 0 spiro atoms. The van der Waals surface area contributed by atoms with Crippen LogP contribution < -0.4 is 11.1 Å². The lowest BCUT2D eigenvalue weighted by molar-refractivity contribution is -0.0281. The number of anilines is 1. The fourth-order valence-electron chi connectivity index (χ4n) is 4.11. The standard InChI is InChI=1S/C19H27F2N3O2/c20-15-12-17(22)16(21)11-14(15)18(25)23-13-19(5-3-1-2-4-6-19)24-7-9-26-10-8-24/h11-12H,1-10,13,22H2,(H,23,25). The summed E-state index contributed by atoms with van der Waals surface area (Å²) in [7, 11) is 0. The molecule has 2 aliphatic rings. The van der Waals surface area contributed by atoms with E-state index in [1.807, 2.05) is 0 Å². The van der Waals surface area contributed by atoms with Crippen LogP contribution in [-0.2, 0) is 4.74 Å². The van der Waals surface area contributed by atoms with Crippen LogP contribution in [0.5, 0.6) is 0 Å². The number of ether oxygens (including phenoxy) is 1. The second-order valence-electron chi connectivity index (χ2n) is 7.27. The van der Waals surface area contributed by atoms with Crippen molar-refractivity contribution < 1.29 is 18.3 Å². The van der Waals surface area contributed by atoms with Crippen molar-refractivity contribution in [3.8, 4) is 0 Å². The molecule has 144 valence electrons. The smallest absolute Gasteiger partial charge is 0.254 e. The molecule has 1 aromatic rings. The van der Waals surface area contributed by atoms with Crippen LogP contribution in [0, 0.1) is 11.6 Å². The van der Waals surface area contributed by atoms with Gasteiger partial charge in [0.25, 0.3) is 5.91 Å². The van der Waals surface area contributed by atoms with Crippen molar-refractivity contribution in [2.45, 2.75) is 44.1 Å². The van der Waals surface area contributed by atoms with Gasteiger partial charge in [-0.25, -0.2) is 8.78 Å². The first-order valence-corrected chi connectivity index (χ1v) is 9.37. The molecule has 0 unspecified atom stereocenters. The first-order chi connectivity index (χ1) is 12.5. The first-order valence-electron chi connectivity index (χ1n) is 9.37. The van der Waals surface area contributed by atoms with Crippen molar-refractivity contribution in [2.24, 2.45) is 0 Å². The number of morpholine rings is 1. The quantitative estimate of drug-likeness (QED) is 0.634. The van der Waals surface area contributed by atoms with Gasteiger partial charge in [0.05, 0.1) is 24.5 Å². The summed E-state index contributed by atoms with van der Waals surface area (Å²) in [5, 5.41) is 2.85. The zero-order valence-corrected chi connectivity index (χ0v) is 15.0. The molecule has 1 amide bonds. The minimum Gasteiger partial charge on any atom is -0.396 e. The van der Waals surface area contributed by atoms with Crippen LogP contribution in [0.25, 0.3) is 0 Å². The lowest BCUT2D eigenvalue weighted by Crippen LogP contribution is -2.58. The van der Waals surface area contributed by atoms with Crippen molar-refractivity contribution in [2.75, 3.05) is 38.6 Å². The Balaban J connectivity index is 1.74. The summed E-state index contributed by atoms with van der Waals surface area (Å²) < 4.78 is 33.1. The van der Waals surface area contributed by atoms with Gasteiger partial charge in [-0.05, 0) is 18.9 Å². The normalized spacial score (nSPS) is 21.2. The predicted octanol–water partition coefficient (Wildman–Crippen LogP) is 2.70. The Morgan fingerprint density at radius 3 is 2.42 bits per heavy atom. The second kappa shape index (κ2) is 8.31. The van der Waals surface area contributed by atoms with E-state index in [1.54, 1.807) is 0 Å². The van der Waals surface area contributed by atoms with Gasteiger partial charge in [-0.1, -0.05) is 25.7 Å². The van der Waals surface area contributed by atoms with Gasteiger partial charge in [-0.15, -0.1) is 0 Å². The summed E-state index contributed by atoms with van der Waals surface area (Å²) in [6.07, 6.45) is 6.59. The molecular weight excluding hydrogens is 340 g/mol. The summed E-state index contributed by atoms with van der Waals surface area (Å²) in [6, 6.07) is 1.72. The lowest BCUT2D eigenvalue weighted by Gasteiger charge is -2.45. The van der Waals surface area contributed by atoms with E-state index in [-0.39, 0.29) is 16.8 Å². The maximum absolute atomic E-state index is 14.0. The SMILES string of the molecule is Nc1cc(F)c(C(=O)NCC2(N3CCOCC3)CCCCCC2)cc1F. The maximum atomic E-state index is 14.0. The molecule has 1 saturated carbocycles. The van der Waals surface area contributed by atoms with Crippen molar-refractivity contribution in [1.82, 2.24) is 10.2 Å². The Morgan fingerprint density at radius 1 is 1.12 bits per heavy atom. The van der Waals surface area contributed by atoms with Gasteiger partial charge in [-0.2, -0.15) is 0 Å². The van der Waals surface area contributed by atoms with Crippen LogP contribution >= 0.6 is 0 Å². The highest BCUT2D eigenvalue weighted by molar-refractivity contribution is 5.94. The van der Waals surface area contributed by atoms with Crippen molar-refractivity contribution in [3.05, 3.63) is 29.3 Å². The molecule has 1 aliphatic carbocycles. The monoisotopic (exact) mass is 367 g/mol. The van der Waals surface area contributed by atoms with Crippen LogP contribution in [0.2, 0.25) is 0 Å². The third kappa shape index (κ3) is 4.15. The van der Waals surface area contributed by atoms with Gasteiger partial charge in [-0.3, -0.25) is 9.69 Å². The van der Waals surface area contributed by atoms with Crippen LogP contribution in [0.15, 0.2) is 12.1 Å². The zero-order valence-electron chi connectivity index (χ0n) is 15.0. The number of rotatable bonds is 4. The van der Waals surface area contributed by atoms with Gasteiger partial charge in [0.2, 0.25) is 0 Å². The van der Waals surface area contributed by atoms with E-state index in [4.69, 9.17) is 10.5 Å². The molecule has 1 heterocycles. The molecule has 2 fully saturated rings. The maximum Gasteiger partial charge on any atom is 0.254 e. The van der Waals surface area contributed by atoms with E-state index in [2.05, 4.69) is 10.2 Å². The summed E-state index contributed by atoms with van der Waals surface area (Å²) in [4.78, 5) is 14.9. The largest absolute Gasteiger partial charge is 0.396 e. The predicted molar refractivity (Wildman–Crippen MR) is 95.9 cm³/mol. The highest BCUT2D eigenvalue weighted by Gasteiger charge is 2.38. The third-order valence-electron chi connectivity index (χ3n) is 5.63. The number of nitrogens with one attached hydrogen (secondary N) is 1. The van der Waals surface area contributed by atoms with Gasteiger partial charge in [0.1, 0.15) is 11.6 Å². The van der Waals surface area contributed by atoms with Crippen molar-refractivity contribution >= 4 is 11.6 Å². The Labute approximate surface area is 152 Å². The summed E-state index contributed by atoms with van der Waals surface area (Å²) in [6.45, 7) is 3.47. The minimum atomic E-state index is -0.803. The number of halogens is 2. The van der Waals surface area contributed by atoms with Gasteiger partial charge >= 0.3 is 0 Å². The molecule has 26 heavy (non-hydrogen) atoms. The molecule has 3 rings (SSSR count). The fraction of sp³-hybridized carbons (Fsp3) is 0.632. The average molecular weight is 367 g/mol. The number of carbonyl (C=O) groups is 1. The summed E-state index contributed by atoms with van der Waals surface area (Å²) >= 11 is 0. The number of carbonyl (C=O) groups excluding carboxylic acids is 1. The molecule has 3 N–H and O–H groups in total. The van der Waals surface area contributed by atoms with Gasteiger partial charge in [0.15, 0.2) is 0 Å². The topological polar surface area (TPSA) is 67.6 Å². The van der Waals surface area contributed by atoms with E-state index in [0.29, 0.717) is 19.8 Å². The number of amides is 1. The number of nitrogens with two attached hydrogens (primary N) is 1. The van der Waals surface area contributed by atoms with Crippen LogP contribution in [0.1, 0.15) is 48.9 Å². The zero-order chi connectivity index (χ0) is 18.6. The highest BCUT2D eigenvalue weighted by Crippen LogP contribution is 2.33. The molecule has 7 heteroatoms. The van der Waals surface area contributed by atoms with Gasteiger partial charge in [0, 0.05) is 31.2 Å². The lowest BCUT2D eigenvalue weighted by atomic mass is 9.87. The molecule has 0 radical (unpaired) electrons. The van der Waals surface area contributed by atoms with E-state index in [1.165, 1.54) is 12.8 Å². The number of nitrogens with zero attached hydrogens (tertiary/aromatic N) is 1. The Bertz CT molecular complexity index is 640. The second-order valence-corrected chi connectivity index (χ2v) is 7.27. The molecule has 1 saturated heterocycles. The van der Waals surface area contributed by atoms with Crippen LogP contribution in [0.4, 0.5) is 14.5 Å². The molecular formula is C19H27F2N3O2. The number of nitrogen functional groups attached to an aromatic ring is 1. The van der Waals surface area contributed by atoms with E-state index < -0.39 is 17.5 Å². The third-order valence-corrected chi connectivity index (χ3v) is 5.63. The number of benzene rings is 1. The molecule has 0 bridgehead atoms. The first kappa shape index (κ1) is 19.0. The Kier molecular flexibility index (Phi) is 6.09. The molecule has 5 nitrogen and oxygen atoms in total. The van der Waals surface area contributed by atoms with E-state index in [9.17, 15) is 13.6 Å². The average Bonchev–Trinajstić information content (AvgIpc) is 2.90. The molecule has 0 aromatic heterocycles. The van der Waals surface area contributed by atoms with Crippen LogP contribution in [-0.4, -0.2) is 49.2 Å². The highest BCUT2D eigenvalue weighted by atomic mass is 19.1. The minimum absolute atomic E-state index is 0.140. The fourth-order valence-corrected chi connectivity index (χ4v) is 4.11. The van der Waals surface area contributed by atoms with E-state index in [0.717, 1.165) is 50.9 Å². The van der Waals surface area contributed by atoms with Crippen LogP contribution in [0.3, 0.4) is 0 Å². The molecule has 1 aromatic carbocycles. The molecule has 1 aliphatic heterocycles. The van der Waals surface area contributed by atoms with E-state index >= 15 is 0 Å². The van der Waals surface area contributed by atoms with Crippen molar-refractivity contribution in [1.29, 1.82) is 0 Å². The summed E-state index contributed by atoms with van der Waals surface area (Å²) in [5.41, 5.74) is 4.61. The Hall–Kier alpha value is -1.73.